The molecule has 1 unspecified atom stereocenters. The minimum atomic E-state index is -0.110. The number of pyridine rings is 2. The van der Waals surface area contributed by atoms with E-state index in [1.54, 1.807) is 17.6 Å². The minimum Gasteiger partial charge on any atom is -0.377 e. The monoisotopic (exact) mass is 520 g/mol. The molecule has 4 aromatic rings. The van der Waals surface area contributed by atoms with Crippen LogP contribution in [0.1, 0.15) is 62.4 Å². The fourth-order valence-corrected chi connectivity index (χ4v) is 5.86. The van der Waals surface area contributed by atoms with Crippen molar-refractivity contribution >= 4 is 45.0 Å². The standard InChI is InChI=1S/C28H33ClN6O2/c1-6-35-27-22(15-30-35)25-20(13-16(2)14-21(25)28(37)33(27)5)17(3)31-23-7-8-24(29)32-26(23)19-9-11-34(12-10-19)18(4)36/h7-8,13-15,17,19,31H,6,9-12H2,1-5H3. The molecule has 1 amide bonds. The molecule has 4 heterocycles. The van der Waals surface area contributed by atoms with Crippen LogP contribution in [0.4, 0.5) is 5.69 Å². The van der Waals surface area contributed by atoms with Crippen LogP contribution in [0.15, 0.2) is 35.3 Å². The Morgan fingerprint density at radius 3 is 2.62 bits per heavy atom. The van der Waals surface area contributed by atoms with Gasteiger partial charge in [-0.3, -0.25) is 14.2 Å². The molecule has 5 rings (SSSR count). The van der Waals surface area contributed by atoms with Gasteiger partial charge in [-0.1, -0.05) is 17.7 Å². The highest BCUT2D eigenvalue weighted by Crippen LogP contribution is 2.36. The van der Waals surface area contributed by atoms with Crippen LogP contribution in [0.3, 0.4) is 0 Å². The number of fused-ring (bicyclic) bond motifs is 3. The molecule has 1 N–H and O–H groups in total. The van der Waals surface area contributed by atoms with Crippen LogP contribution in [0.5, 0.6) is 0 Å². The van der Waals surface area contributed by atoms with E-state index in [9.17, 15) is 9.59 Å². The molecule has 1 saturated heterocycles. The summed E-state index contributed by atoms with van der Waals surface area (Å²) in [5.74, 6) is 0.319. The summed E-state index contributed by atoms with van der Waals surface area (Å²) in [5.41, 5.74) is 4.73. The molecule has 3 aromatic heterocycles. The minimum absolute atomic E-state index is 0.0269. The van der Waals surface area contributed by atoms with Crippen LogP contribution < -0.4 is 10.9 Å². The molecule has 37 heavy (non-hydrogen) atoms. The molecule has 0 radical (unpaired) electrons. The van der Waals surface area contributed by atoms with E-state index in [1.807, 2.05) is 48.8 Å². The summed E-state index contributed by atoms with van der Waals surface area (Å²) in [6, 6.07) is 7.80. The van der Waals surface area contributed by atoms with E-state index in [0.29, 0.717) is 30.2 Å². The van der Waals surface area contributed by atoms with Gasteiger partial charge in [0.2, 0.25) is 5.91 Å². The normalized spacial score (nSPS) is 15.5. The average Bonchev–Trinajstić information content (AvgIpc) is 3.32. The van der Waals surface area contributed by atoms with E-state index in [2.05, 4.69) is 23.4 Å². The van der Waals surface area contributed by atoms with Crippen molar-refractivity contribution < 1.29 is 4.79 Å². The number of aryl methyl sites for hydroxylation is 3. The predicted molar refractivity (Wildman–Crippen MR) is 148 cm³/mol. The molecule has 1 fully saturated rings. The quantitative estimate of drug-likeness (QED) is 0.367. The number of nitrogens with zero attached hydrogens (tertiary/aromatic N) is 5. The van der Waals surface area contributed by atoms with Crippen LogP contribution in [-0.4, -0.2) is 43.2 Å². The molecule has 1 aliphatic heterocycles. The second-order valence-corrected chi connectivity index (χ2v) is 10.4. The van der Waals surface area contributed by atoms with Crippen LogP contribution in [-0.2, 0) is 18.4 Å². The maximum absolute atomic E-state index is 13.4. The molecule has 9 heteroatoms. The number of carbonyl (C=O) groups is 1. The lowest BCUT2D eigenvalue weighted by Crippen LogP contribution is -2.36. The fourth-order valence-electron chi connectivity index (χ4n) is 5.70. The van der Waals surface area contributed by atoms with E-state index in [1.165, 1.54) is 0 Å². The van der Waals surface area contributed by atoms with Crippen molar-refractivity contribution in [2.75, 3.05) is 18.4 Å². The molecule has 1 aliphatic rings. The van der Waals surface area contributed by atoms with Crippen molar-refractivity contribution in [2.45, 2.75) is 59.0 Å². The third kappa shape index (κ3) is 4.48. The number of anilines is 1. The van der Waals surface area contributed by atoms with E-state index in [-0.39, 0.29) is 23.4 Å². The first kappa shape index (κ1) is 25.3. The lowest BCUT2D eigenvalue weighted by Gasteiger charge is -2.32. The summed E-state index contributed by atoms with van der Waals surface area (Å²) in [4.78, 5) is 31.8. The van der Waals surface area contributed by atoms with Crippen molar-refractivity contribution in [1.29, 1.82) is 0 Å². The van der Waals surface area contributed by atoms with Crippen molar-refractivity contribution in [3.8, 4) is 0 Å². The largest absolute Gasteiger partial charge is 0.377 e. The van der Waals surface area contributed by atoms with Crippen molar-refractivity contribution in [1.82, 2.24) is 24.2 Å². The fraction of sp³-hybridized carbons (Fsp3) is 0.429. The van der Waals surface area contributed by atoms with Crippen LogP contribution >= 0.6 is 11.6 Å². The zero-order valence-corrected chi connectivity index (χ0v) is 22.8. The number of likely N-dealkylation sites (tertiary alicyclic amines) is 1. The second-order valence-electron chi connectivity index (χ2n) is 10.1. The van der Waals surface area contributed by atoms with Gasteiger partial charge >= 0.3 is 0 Å². The number of hydrogen-bond acceptors (Lipinski definition) is 5. The number of piperidine rings is 1. The number of carbonyl (C=O) groups excluding carboxylic acids is 1. The third-order valence-electron chi connectivity index (χ3n) is 7.60. The average molecular weight is 521 g/mol. The van der Waals surface area contributed by atoms with Gasteiger partial charge < -0.3 is 10.2 Å². The van der Waals surface area contributed by atoms with E-state index in [4.69, 9.17) is 16.6 Å². The van der Waals surface area contributed by atoms with Crippen LogP contribution in [0.2, 0.25) is 5.15 Å². The number of hydrogen-bond donors (Lipinski definition) is 1. The van der Waals surface area contributed by atoms with Crippen molar-refractivity contribution in [3.05, 3.63) is 62.8 Å². The van der Waals surface area contributed by atoms with Gasteiger partial charge in [0.1, 0.15) is 10.8 Å². The summed E-state index contributed by atoms with van der Waals surface area (Å²) >= 11 is 6.33. The Labute approximate surface area is 221 Å². The number of benzene rings is 1. The smallest absolute Gasteiger partial charge is 0.259 e. The maximum Gasteiger partial charge on any atom is 0.259 e. The summed E-state index contributed by atoms with van der Waals surface area (Å²) < 4.78 is 3.57. The van der Waals surface area contributed by atoms with Gasteiger partial charge in [-0.25, -0.2) is 9.67 Å². The SMILES string of the molecule is CCn1ncc2c3c(C(C)Nc4ccc(Cl)nc4C4CCN(C(C)=O)CC4)cc(C)cc3c(=O)n(C)c21. The second kappa shape index (κ2) is 9.82. The highest BCUT2D eigenvalue weighted by molar-refractivity contribution is 6.29. The lowest BCUT2D eigenvalue weighted by atomic mass is 9.91. The molecule has 0 aliphatic carbocycles. The highest BCUT2D eigenvalue weighted by atomic mass is 35.5. The van der Waals surface area contributed by atoms with Crippen LogP contribution in [0.25, 0.3) is 21.8 Å². The first-order valence-electron chi connectivity index (χ1n) is 12.9. The molecular formula is C28H33ClN6O2. The van der Waals surface area contributed by atoms with Gasteiger partial charge in [0.05, 0.1) is 17.6 Å². The maximum atomic E-state index is 13.4. The zero-order valence-electron chi connectivity index (χ0n) is 22.0. The molecule has 8 nitrogen and oxygen atoms in total. The summed E-state index contributed by atoms with van der Waals surface area (Å²) in [6.45, 7) is 9.89. The predicted octanol–water partition coefficient (Wildman–Crippen LogP) is 5.16. The Bertz CT molecular complexity index is 1560. The van der Waals surface area contributed by atoms with Gasteiger partial charge in [0.15, 0.2) is 0 Å². The van der Waals surface area contributed by atoms with Crippen molar-refractivity contribution in [2.24, 2.45) is 7.05 Å². The molecular weight excluding hydrogens is 488 g/mol. The number of nitrogens with one attached hydrogen (secondary N) is 1. The third-order valence-corrected chi connectivity index (χ3v) is 7.81. The Hall–Kier alpha value is -3.39. The highest BCUT2D eigenvalue weighted by Gasteiger charge is 2.26. The molecule has 1 atom stereocenters. The Kier molecular flexibility index (Phi) is 6.70. The number of halogens is 1. The topological polar surface area (TPSA) is 85.1 Å². The first-order valence-corrected chi connectivity index (χ1v) is 13.2. The molecule has 0 saturated carbocycles. The molecule has 0 spiro atoms. The Morgan fingerprint density at radius 1 is 1.22 bits per heavy atom. The lowest BCUT2D eigenvalue weighted by molar-refractivity contribution is -0.129. The Morgan fingerprint density at radius 2 is 1.95 bits per heavy atom. The van der Waals surface area contributed by atoms with E-state index >= 15 is 0 Å². The molecule has 0 bridgehead atoms. The van der Waals surface area contributed by atoms with Gasteiger partial charge in [-0.05, 0) is 62.9 Å². The van der Waals surface area contributed by atoms with Gasteiger partial charge in [-0.15, -0.1) is 0 Å². The summed E-state index contributed by atoms with van der Waals surface area (Å²) in [5, 5.41) is 11.3. The first-order chi connectivity index (χ1) is 17.7. The Balaban J connectivity index is 1.58. The van der Waals surface area contributed by atoms with Crippen molar-refractivity contribution in [3.63, 3.8) is 0 Å². The summed E-state index contributed by atoms with van der Waals surface area (Å²) in [7, 11) is 1.81. The number of amides is 1. The number of aromatic nitrogens is 4. The van der Waals surface area contributed by atoms with Gasteiger partial charge in [0.25, 0.3) is 5.56 Å². The van der Waals surface area contributed by atoms with E-state index < -0.39 is 0 Å². The van der Waals surface area contributed by atoms with Gasteiger partial charge in [-0.2, -0.15) is 5.10 Å². The molecule has 1 aromatic carbocycles. The summed E-state index contributed by atoms with van der Waals surface area (Å²) in [6.07, 6.45) is 3.55. The number of rotatable bonds is 5. The van der Waals surface area contributed by atoms with E-state index in [0.717, 1.165) is 51.8 Å². The van der Waals surface area contributed by atoms with Gasteiger partial charge in [0, 0.05) is 61.7 Å². The molecule has 194 valence electrons. The zero-order chi connectivity index (χ0) is 26.4. The van der Waals surface area contributed by atoms with Crippen LogP contribution in [0, 0.1) is 6.92 Å².